The number of benzene rings is 2. The highest BCUT2D eigenvalue weighted by Crippen LogP contribution is 2.31. The smallest absolute Gasteiger partial charge is 0.475 e. The summed E-state index contributed by atoms with van der Waals surface area (Å²) in [5, 5.41) is 2.75. The van der Waals surface area contributed by atoms with E-state index in [1.807, 2.05) is 31.2 Å². The van der Waals surface area contributed by atoms with Crippen LogP contribution >= 0.6 is 0 Å². The summed E-state index contributed by atoms with van der Waals surface area (Å²) in [6, 6.07) is 9.24. The number of amides is 1. The Morgan fingerprint density at radius 3 is 2.33 bits per heavy atom. The van der Waals surface area contributed by atoms with Crippen molar-refractivity contribution in [2.45, 2.75) is 59.0 Å². The molecule has 0 aliphatic heterocycles. The molecule has 0 aliphatic rings. The van der Waals surface area contributed by atoms with E-state index in [0.29, 0.717) is 37.5 Å². The molecule has 0 bridgehead atoms. The van der Waals surface area contributed by atoms with Crippen LogP contribution in [-0.4, -0.2) is 59.3 Å². The van der Waals surface area contributed by atoms with Crippen molar-refractivity contribution in [1.29, 1.82) is 0 Å². The highest BCUT2D eigenvalue weighted by molar-refractivity contribution is 6.07. The van der Waals surface area contributed by atoms with Gasteiger partial charge in [-0.05, 0) is 75.9 Å². The van der Waals surface area contributed by atoms with Crippen LogP contribution in [0.2, 0.25) is 0 Å². The number of alkyl halides is 3. The first kappa shape index (κ1) is 33.6. The summed E-state index contributed by atoms with van der Waals surface area (Å²) in [7, 11) is 0. The number of hydrogen-bond donors (Lipinski definition) is 0. The zero-order chi connectivity index (χ0) is 32.8. The average molecular weight is 636 g/mol. The Bertz CT molecular complexity index is 1620. The van der Waals surface area contributed by atoms with Crippen LogP contribution < -0.4 is 9.47 Å². The lowest BCUT2D eigenvalue weighted by Crippen LogP contribution is -2.37. The molecule has 2 heterocycles. The van der Waals surface area contributed by atoms with Gasteiger partial charge in [-0.15, -0.1) is 13.2 Å². The van der Waals surface area contributed by atoms with E-state index in [4.69, 9.17) is 14.2 Å². The number of pyridine rings is 2. The summed E-state index contributed by atoms with van der Waals surface area (Å²) in [6.07, 6.45) is -1.57. The van der Waals surface area contributed by atoms with E-state index in [9.17, 15) is 26.7 Å². The lowest BCUT2D eigenvalue weighted by atomic mass is 10.1. The largest absolute Gasteiger partial charge is 0.573 e. The second-order valence-corrected chi connectivity index (χ2v) is 11.4. The van der Waals surface area contributed by atoms with Crippen molar-refractivity contribution in [2.24, 2.45) is 0 Å². The Morgan fingerprint density at radius 1 is 0.911 bits per heavy atom. The zero-order valence-electron chi connectivity index (χ0n) is 25.3. The number of carbonyl (C=O) groups excluding carboxylic acids is 1. The molecule has 242 valence electrons. The van der Waals surface area contributed by atoms with Crippen LogP contribution in [0.3, 0.4) is 0 Å². The molecule has 0 fully saturated rings. The Balaban J connectivity index is 1.29. The number of carbonyl (C=O) groups is 1. The van der Waals surface area contributed by atoms with Crippen LogP contribution in [0.5, 0.6) is 11.6 Å². The summed E-state index contributed by atoms with van der Waals surface area (Å²) >= 11 is 0. The third-order valence-electron chi connectivity index (χ3n) is 6.45. The van der Waals surface area contributed by atoms with Crippen molar-refractivity contribution in [3.05, 3.63) is 71.6 Å². The number of rotatable bonds is 12. The lowest BCUT2D eigenvalue weighted by molar-refractivity contribution is -0.276. The average Bonchev–Trinajstić information content (AvgIpc) is 2.94. The molecule has 0 spiro atoms. The normalized spacial score (nSPS) is 12.0. The van der Waals surface area contributed by atoms with Gasteiger partial charge < -0.3 is 23.8 Å². The minimum Gasteiger partial charge on any atom is -0.475 e. The van der Waals surface area contributed by atoms with Gasteiger partial charge in [-0.25, -0.2) is 18.6 Å². The van der Waals surface area contributed by atoms with Gasteiger partial charge in [0.1, 0.15) is 12.2 Å². The van der Waals surface area contributed by atoms with Gasteiger partial charge in [0.15, 0.2) is 11.6 Å². The lowest BCUT2D eigenvalue weighted by Gasteiger charge is -2.27. The number of halogens is 5. The molecular weight excluding hydrogens is 601 g/mol. The summed E-state index contributed by atoms with van der Waals surface area (Å²) in [5.41, 5.74) is 0.960. The van der Waals surface area contributed by atoms with Crippen LogP contribution in [0.4, 0.5) is 26.7 Å². The minimum absolute atomic E-state index is 0.0699. The number of aryl methyl sites for hydroxylation is 1. The first-order chi connectivity index (χ1) is 21.2. The topological polar surface area (TPSA) is 83.0 Å². The predicted molar refractivity (Wildman–Crippen MR) is 157 cm³/mol. The highest BCUT2D eigenvalue weighted by atomic mass is 19.4. The van der Waals surface area contributed by atoms with Gasteiger partial charge in [-0.1, -0.05) is 12.1 Å². The molecule has 0 unspecified atom stereocenters. The third-order valence-corrected chi connectivity index (χ3v) is 6.45. The van der Waals surface area contributed by atoms with Gasteiger partial charge in [0.2, 0.25) is 11.6 Å². The molecule has 0 saturated carbocycles. The van der Waals surface area contributed by atoms with Crippen molar-refractivity contribution < 1.29 is 45.7 Å². The number of nitrogens with zero attached hydrogens (tertiary/aromatic N) is 3. The first-order valence-corrected chi connectivity index (χ1v) is 14.3. The molecule has 0 atom stereocenters. The molecule has 4 rings (SSSR count). The second-order valence-electron chi connectivity index (χ2n) is 11.4. The van der Waals surface area contributed by atoms with Crippen molar-refractivity contribution in [3.63, 3.8) is 0 Å². The van der Waals surface area contributed by atoms with E-state index in [1.54, 1.807) is 33.2 Å². The SMILES string of the molecule is Cc1ccc2c(c1)nc(OCCOCCCCN(Cc1cc(F)c(OC(F)(F)F)c(F)c1)C(=O)OC(C)(C)C)c1ccncc12. The number of fused-ring (bicyclic) bond motifs is 3. The third kappa shape index (κ3) is 9.61. The zero-order valence-corrected chi connectivity index (χ0v) is 25.3. The molecule has 8 nitrogen and oxygen atoms in total. The fourth-order valence-electron chi connectivity index (χ4n) is 4.54. The number of hydrogen-bond acceptors (Lipinski definition) is 7. The van der Waals surface area contributed by atoms with Gasteiger partial charge in [0.25, 0.3) is 0 Å². The quantitative estimate of drug-likeness (QED) is 0.0890. The minimum atomic E-state index is -5.27. The van der Waals surface area contributed by atoms with Gasteiger partial charge in [0, 0.05) is 48.2 Å². The van der Waals surface area contributed by atoms with Gasteiger partial charge >= 0.3 is 12.5 Å². The summed E-state index contributed by atoms with van der Waals surface area (Å²) in [6.45, 7) is 7.68. The van der Waals surface area contributed by atoms with Crippen LogP contribution in [0.1, 0.15) is 44.7 Å². The summed E-state index contributed by atoms with van der Waals surface area (Å²) in [5.74, 6) is -4.16. The van der Waals surface area contributed by atoms with Crippen LogP contribution in [0.25, 0.3) is 21.7 Å². The number of aromatic nitrogens is 2. The van der Waals surface area contributed by atoms with Gasteiger partial charge in [-0.3, -0.25) is 4.98 Å². The van der Waals surface area contributed by atoms with Crippen LogP contribution in [-0.2, 0) is 16.0 Å². The van der Waals surface area contributed by atoms with E-state index in [2.05, 4.69) is 14.7 Å². The maximum absolute atomic E-state index is 14.3. The highest BCUT2D eigenvalue weighted by Gasteiger charge is 2.34. The van der Waals surface area contributed by atoms with E-state index in [0.717, 1.165) is 27.2 Å². The molecule has 0 aliphatic carbocycles. The predicted octanol–water partition coefficient (Wildman–Crippen LogP) is 7.88. The molecule has 13 heteroatoms. The van der Waals surface area contributed by atoms with Crippen LogP contribution in [0.15, 0.2) is 48.8 Å². The van der Waals surface area contributed by atoms with Gasteiger partial charge in [-0.2, -0.15) is 0 Å². The van der Waals surface area contributed by atoms with Crippen molar-refractivity contribution in [1.82, 2.24) is 14.9 Å². The molecule has 1 amide bonds. The van der Waals surface area contributed by atoms with E-state index in [1.165, 1.54) is 4.90 Å². The fourth-order valence-corrected chi connectivity index (χ4v) is 4.54. The Hall–Kier alpha value is -4.26. The number of ether oxygens (including phenoxy) is 4. The molecule has 2 aromatic heterocycles. The molecule has 0 N–H and O–H groups in total. The Labute approximate surface area is 257 Å². The molecule has 0 radical (unpaired) electrons. The van der Waals surface area contributed by atoms with Crippen LogP contribution in [0, 0.1) is 18.6 Å². The molecular formula is C32H34F5N3O5. The van der Waals surface area contributed by atoms with E-state index < -0.39 is 35.4 Å². The second kappa shape index (κ2) is 14.2. The van der Waals surface area contributed by atoms with E-state index >= 15 is 0 Å². The summed E-state index contributed by atoms with van der Waals surface area (Å²) < 4.78 is 86.5. The molecule has 0 saturated heterocycles. The first-order valence-electron chi connectivity index (χ1n) is 14.3. The van der Waals surface area contributed by atoms with E-state index in [-0.39, 0.29) is 31.9 Å². The molecule has 4 aromatic rings. The summed E-state index contributed by atoms with van der Waals surface area (Å²) in [4.78, 5) is 22.9. The fraction of sp³-hybridized carbons (Fsp3) is 0.406. The van der Waals surface area contributed by atoms with Crippen molar-refractivity contribution in [3.8, 4) is 11.6 Å². The maximum atomic E-state index is 14.3. The monoisotopic (exact) mass is 635 g/mol. The maximum Gasteiger partial charge on any atom is 0.573 e. The molecule has 2 aromatic carbocycles. The van der Waals surface area contributed by atoms with Crippen molar-refractivity contribution in [2.75, 3.05) is 26.4 Å². The molecule has 45 heavy (non-hydrogen) atoms. The Kier molecular flexibility index (Phi) is 10.6. The Morgan fingerprint density at radius 2 is 1.64 bits per heavy atom. The van der Waals surface area contributed by atoms with Gasteiger partial charge in [0.05, 0.1) is 12.1 Å². The standard InChI is InChI=1S/C32H34F5N3O5/c1-20-7-8-22-24-18-38-10-9-23(24)29(39-27(22)15-20)43-14-13-42-12-6-5-11-40(30(41)45-31(2,3)4)19-21-16-25(33)28(26(34)17-21)44-32(35,36)37/h7-10,15-18H,5-6,11-14,19H2,1-4H3. The van der Waals surface area contributed by atoms with Crippen molar-refractivity contribution >= 4 is 27.8 Å². The number of unbranched alkanes of at least 4 members (excludes halogenated alkanes) is 1.